The molecule has 2 aromatic carbocycles. The number of amides is 1. The Morgan fingerprint density at radius 2 is 2.00 bits per heavy atom. The number of halogens is 2. The average Bonchev–Trinajstić information content (AvgIpc) is 3.03. The number of anilines is 1. The molecule has 3 aromatic rings. The zero-order valence-electron chi connectivity index (χ0n) is 15.4. The molecule has 0 aliphatic carbocycles. The van der Waals surface area contributed by atoms with Crippen molar-refractivity contribution in [2.45, 2.75) is 20.5 Å². The third-order valence-corrected chi connectivity index (χ3v) is 4.06. The molecule has 0 saturated heterocycles. The molecule has 150 valence electrons. The maximum Gasteiger partial charge on any atom is 0.293 e. The van der Waals surface area contributed by atoms with E-state index < -0.39 is 22.5 Å². The molecular formula is C19H15F2N3O5. The van der Waals surface area contributed by atoms with E-state index in [1.54, 1.807) is 13.0 Å². The SMILES string of the molecule is Cc1ccc(NC(=O)c2noc(C)c2COc2ccc(F)cc2F)c([N+](=O)[O-])c1. The monoisotopic (exact) mass is 403 g/mol. The highest BCUT2D eigenvalue weighted by molar-refractivity contribution is 6.05. The van der Waals surface area contributed by atoms with E-state index in [0.29, 0.717) is 11.6 Å². The number of aryl methyl sites for hydroxylation is 2. The Hall–Kier alpha value is -3.82. The van der Waals surface area contributed by atoms with E-state index in [-0.39, 0.29) is 40.7 Å². The number of nitro groups is 1. The van der Waals surface area contributed by atoms with Crippen molar-refractivity contribution in [3.8, 4) is 5.75 Å². The van der Waals surface area contributed by atoms with Crippen LogP contribution < -0.4 is 10.1 Å². The van der Waals surface area contributed by atoms with Crippen molar-refractivity contribution in [1.29, 1.82) is 0 Å². The predicted molar refractivity (Wildman–Crippen MR) is 97.7 cm³/mol. The van der Waals surface area contributed by atoms with Gasteiger partial charge in [-0.05, 0) is 37.6 Å². The van der Waals surface area contributed by atoms with Crippen LogP contribution in [0.5, 0.6) is 5.75 Å². The summed E-state index contributed by atoms with van der Waals surface area (Å²) in [5.74, 6) is -2.38. The van der Waals surface area contributed by atoms with E-state index in [1.165, 1.54) is 19.1 Å². The fraction of sp³-hybridized carbons (Fsp3) is 0.158. The lowest BCUT2D eigenvalue weighted by Gasteiger charge is -2.09. The van der Waals surface area contributed by atoms with E-state index in [9.17, 15) is 23.7 Å². The van der Waals surface area contributed by atoms with E-state index in [1.807, 2.05) is 0 Å². The average molecular weight is 403 g/mol. The number of nitro benzene ring substituents is 1. The molecule has 29 heavy (non-hydrogen) atoms. The van der Waals surface area contributed by atoms with Gasteiger partial charge in [-0.2, -0.15) is 0 Å². The van der Waals surface area contributed by atoms with Gasteiger partial charge in [-0.15, -0.1) is 0 Å². The number of aromatic nitrogens is 1. The molecular weight excluding hydrogens is 388 g/mol. The highest BCUT2D eigenvalue weighted by atomic mass is 19.1. The normalized spacial score (nSPS) is 10.6. The van der Waals surface area contributed by atoms with Gasteiger partial charge in [0.1, 0.15) is 23.9 Å². The van der Waals surface area contributed by atoms with E-state index in [2.05, 4.69) is 10.5 Å². The van der Waals surface area contributed by atoms with Crippen LogP contribution in [0.3, 0.4) is 0 Å². The molecule has 1 N–H and O–H groups in total. The van der Waals surface area contributed by atoms with E-state index in [4.69, 9.17) is 9.26 Å². The summed E-state index contributed by atoms with van der Waals surface area (Å²) in [4.78, 5) is 23.2. The topological polar surface area (TPSA) is 108 Å². The molecule has 0 aliphatic rings. The zero-order chi connectivity index (χ0) is 21.1. The number of hydrogen-bond donors (Lipinski definition) is 1. The van der Waals surface area contributed by atoms with Crippen molar-refractivity contribution in [2.24, 2.45) is 0 Å². The van der Waals surface area contributed by atoms with Crippen LogP contribution in [0.25, 0.3) is 0 Å². The van der Waals surface area contributed by atoms with Crippen molar-refractivity contribution < 1.29 is 27.8 Å². The van der Waals surface area contributed by atoms with Crippen LogP contribution in [0, 0.1) is 35.6 Å². The Kier molecular flexibility index (Phi) is 5.53. The van der Waals surface area contributed by atoms with Crippen LogP contribution in [-0.4, -0.2) is 16.0 Å². The van der Waals surface area contributed by atoms with Gasteiger partial charge in [0.15, 0.2) is 17.3 Å². The minimum absolute atomic E-state index is 0.0114. The Bertz CT molecular complexity index is 1100. The molecule has 0 bridgehead atoms. The van der Waals surface area contributed by atoms with Gasteiger partial charge in [0.25, 0.3) is 11.6 Å². The van der Waals surface area contributed by atoms with Gasteiger partial charge >= 0.3 is 0 Å². The second-order valence-electron chi connectivity index (χ2n) is 6.16. The van der Waals surface area contributed by atoms with Crippen molar-refractivity contribution in [3.05, 3.63) is 80.7 Å². The Balaban J connectivity index is 1.82. The summed E-state index contributed by atoms with van der Waals surface area (Å²) in [5, 5.41) is 17.3. The number of ether oxygens (including phenoxy) is 1. The Morgan fingerprint density at radius 3 is 2.69 bits per heavy atom. The van der Waals surface area contributed by atoms with Crippen LogP contribution in [0.15, 0.2) is 40.9 Å². The largest absolute Gasteiger partial charge is 0.486 e. The number of rotatable bonds is 6. The molecule has 0 atom stereocenters. The number of carbonyl (C=O) groups is 1. The van der Waals surface area contributed by atoms with Crippen LogP contribution in [0.1, 0.15) is 27.4 Å². The van der Waals surface area contributed by atoms with Crippen LogP contribution >= 0.6 is 0 Å². The predicted octanol–water partition coefficient (Wildman–Crippen LogP) is 4.31. The van der Waals surface area contributed by atoms with Crippen molar-refractivity contribution in [3.63, 3.8) is 0 Å². The molecule has 0 fully saturated rings. The maximum absolute atomic E-state index is 13.7. The van der Waals surface area contributed by atoms with Gasteiger partial charge in [0.05, 0.1) is 10.5 Å². The lowest BCUT2D eigenvalue weighted by Crippen LogP contribution is -2.16. The summed E-state index contributed by atoms with van der Waals surface area (Å²) >= 11 is 0. The highest BCUT2D eigenvalue weighted by Gasteiger charge is 2.24. The van der Waals surface area contributed by atoms with Crippen LogP contribution in [0.2, 0.25) is 0 Å². The fourth-order valence-electron chi connectivity index (χ4n) is 2.56. The summed E-state index contributed by atoms with van der Waals surface area (Å²) < 4.78 is 37.0. The van der Waals surface area contributed by atoms with Crippen LogP contribution in [-0.2, 0) is 6.61 Å². The van der Waals surface area contributed by atoms with Gasteiger partial charge in [-0.1, -0.05) is 11.2 Å². The van der Waals surface area contributed by atoms with Gasteiger partial charge in [0.2, 0.25) is 0 Å². The number of nitrogens with one attached hydrogen (secondary N) is 1. The molecule has 0 saturated carbocycles. The number of benzene rings is 2. The molecule has 1 heterocycles. The molecule has 1 aromatic heterocycles. The lowest BCUT2D eigenvalue weighted by molar-refractivity contribution is -0.384. The standard InChI is InChI=1S/C19H15F2N3O5/c1-10-3-5-15(16(7-10)24(26)27)22-19(25)18-13(11(2)29-23-18)9-28-17-6-4-12(20)8-14(17)21/h3-8H,9H2,1-2H3,(H,22,25). The van der Waals surface area contributed by atoms with Crippen LogP contribution in [0.4, 0.5) is 20.2 Å². The van der Waals surface area contributed by atoms with Gasteiger partial charge in [-0.3, -0.25) is 14.9 Å². The summed E-state index contributed by atoms with van der Waals surface area (Å²) in [7, 11) is 0. The Labute approximate surface area is 163 Å². The minimum atomic E-state index is -0.902. The van der Waals surface area contributed by atoms with E-state index >= 15 is 0 Å². The van der Waals surface area contributed by atoms with Crippen molar-refractivity contribution in [1.82, 2.24) is 5.16 Å². The molecule has 1 amide bonds. The second kappa shape index (κ2) is 8.05. The first-order chi connectivity index (χ1) is 13.8. The summed E-state index contributed by atoms with van der Waals surface area (Å²) in [6.07, 6.45) is 0. The summed E-state index contributed by atoms with van der Waals surface area (Å²) in [6.45, 7) is 2.93. The van der Waals surface area contributed by atoms with Gasteiger partial charge < -0.3 is 14.6 Å². The lowest BCUT2D eigenvalue weighted by atomic mass is 10.1. The van der Waals surface area contributed by atoms with Crippen molar-refractivity contribution >= 4 is 17.3 Å². The highest BCUT2D eigenvalue weighted by Crippen LogP contribution is 2.27. The second-order valence-corrected chi connectivity index (χ2v) is 6.16. The zero-order valence-corrected chi connectivity index (χ0v) is 15.4. The first-order valence-electron chi connectivity index (χ1n) is 8.35. The maximum atomic E-state index is 13.7. The first-order valence-corrected chi connectivity index (χ1v) is 8.35. The molecule has 10 heteroatoms. The molecule has 3 rings (SSSR count). The molecule has 0 radical (unpaired) electrons. The summed E-state index contributed by atoms with van der Waals surface area (Å²) in [5.41, 5.74) is 0.427. The molecule has 8 nitrogen and oxygen atoms in total. The first kappa shape index (κ1) is 19.9. The molecule has 0 aliphatic heterocycles. The van der Waals surface area contributed by atoms with Gasteiger partial charge in [0, 0.05) is 12.1 Å². The molecule has 0 spiro atoms. The number of carbonyl (C=O) groups excluding carboxylic acids is 1. The summed E-state index contributed by atoms with van der Waals surface area (Å²) in [6, 6.07) is 7.15. The quantitative estimate of drug-likeness (QED) is 0.485. The number of nitrogens with zero attached hydrogens (tertiary/aromatic N) is 2. The smallest absolute Gasteiger partial charge is 0.293 e. The molecule has 0 unspecified atom stereocenters. The third kappa shape index (κ3) is 4.37. The minimum Gasteiger partial charge on any atom is -0.486 e. The fourth-order valence-corrected chi connectivity index (χ4v) is 2.56. The Morgan fingerprint density at radius 1 is 1.24 bits per heavy atom. The van der Waals surface area contributed by atoms with Crippen molar-refractivity contribution in [2.75, 3.05) is 5.32 Å². The van der Waals surface area contributed by atoms with Gasteiger partial charge in [-0.25, -0.2) is 8.78 Å². The van der Waals surface area contributed by atoms with E-state index in [0.717, 1.165) is 12.1 Å². The third-order valence-electron chi connectivity index (χ3n) is 4.06. The number of hydrogen-bond acceptors (Lipinski definition) is 6.